The van der Waals surface area contributed by atoms with Gasteiger partial charge in [0.05, 0.1) is 0 Å². The minimum absolute atomic E-state index is 0.0605. The number of allylic oxidation sites excluding steroid dienone is 2. The zero-order valence-corrected chi connectivity index (χ0v) is 15.6. The monoisotopic (exact) mass is 326 g/mol. The molecule has 4 aliphatic carbocycles. The maximum atomic E-state index is 12.5. The Morgan fingerprint density at radius 1 is 1.08 bits per heavy atom. The number of fused-ring (bicyclic) bond motifs is 5. The summed E-state index contributed by atoms with van der Waals surface area (Å²) in [6.07, 6.45) is 5.65. The summed E-state index contributed by atoms with van der Waals surface area (Å²) in [5.41, 5.74) is 3.39. The van der Waals surface area contributed by atoms with Crippen molar-refractivity contribution in [2.45, 2.75) is 66.2 Å². The van der Waals surface area contributed by atoms with Crippen molar-refractivity contribution in [3.63, 3.8) is 0 Å². The van der Waals surface area contributed by atoms with E-state index in [9.17, 15) is 9.59 Å². The Kier molecular flexibility index (Phi) is 3.34. The molecule has 0 bridgehead atoms. The van der Waals surface area contributed by atoms with Crippen molar-refractivity contribution in [3.8, 4) is 0 Å². The molecule has 4 rings (SSSR count). The average Bonchev–Trinajstić information content (AvgIpc) is 2.81. The topological polar surface area (TPSA) is 34.1 Å². The minimum atomic E-state index is -0.0954. The highest BCUT2D eigenvalue weighted by molar-refractivity contribution is 5.98. The third-order valence-electron chi connectivity index (χ3n) is 8.60. The second-order valence-electron chi connectivity index (χ2n) is 9.41. The van der Waals surface area contributed by atoms with Gasteiger partial charge >= 0.3 is 0 Å². The van der Waals surface area contributed by atoms with Gasteiger partial charge in [-0.2, -0.15) is 0 Å². The van der Waals surface area contributed by atoms with E-state index in [-0.39, 0.29) is 10.8 Å². The standard InChI is InChI=1S/C22H30O2/c1-12-10-15-16-6-7-19(24)21(16,4)9-8-17(15)22(5)13(2)11-18(23)14(3)20(12)22/h13,15-17H,1,6-11H2,2-5H3/t13?,15-,16-,17-,21-,22+/m0/s1. The van der Waals surface area contributed by atoms with Crippen LogP contribution in [0.3, 0.4) is 0 Å². The highest BCUT2D eigenvalue weighted by Crippen LogP contribution is 2.66. The first kappa shape index (κ1) is 16.3. The second-order valence-corrected chi connectivity index (χ2v) is 9.41. The van der Waals surface area contributed by atoms with Gasteiger partial charge in [0.15, 0.2) is 5.78 Å². The summed E-state index contributed by atoms with van der Waals surface area (Å²) in [6.45, 7) is 13.3. The van der Waals surface area contributed by atoms with Crippen LogP contribution in [-0.2, 0) is 9.59 Å². The van der Waals surface area contributed by atoms with E-state index in [0.717, 1.165) is 37.7 Å². The third kappa shape index (κ3) is 1.78. The van der Waals surface area contributed by atoms with Crippen LogP contribution in [0.5, 0.6) is 0 Å². The second kappa shape index (κ2) is 4.93. The van der Waals surface area contributed by atoms with Crippen LogP contribution >= 0.6 is 0 Å². The Bertz CT molecular complexity index is 684. The Balaban J connectivity index is 1.83. The Morgan fingerprint density at radius 2 is 1.79 bits per heavy atom. The zero-order valence-electron chi connectivity index (χ0n) is 15.6. The molecule has 4 aliphatic rings. The van der Waals surface area contributed by atoms with Crippen molar-refractivity contribution in [2.75, 3.05) is 0 Å². The van der Waals surface area contributed by atoms with E-state index in [1.165, 1.54) is 11.1 Å². The molecule has 0 aromatic rings. The van der Waals surface area contributed by atoms with Gasteiger partial charge in [0.25, 0.3) is 0 Å². The summed E-state index contributed by atoms with van der Waals surface area (Å²) in [7, 11) is 0. The third-order valence-corrected chi connectivity index (χ3v) is 8.60. The van der Waals surface area contributed by atoms with Crippen LogP contribution in [0.25, 0.3) is 0 Å². The van der Waals surface area contributed by atoms with Crippen LogP contribution in [-0.4, -0.2) is 11.6 Å². The number of hydrogen-bond donors (Lipinski definition) is 0. The van der Waals surface area contributed by atoms with E-state index in [4.69, 9.17) is 0 Å². The molecular formula is C22H30O2. The maximum Gasteiger partial charge on any atom is 0.159 e. The summed E-state index contributed by atoms with van der Waals surface area (Å²) < 4.78 is 0. The van der Waals surface area contributed by atoms with Crippen LogP contribution in [0, 0.1) is 34.5 Å². The van der Waals surface area contributed by atoms with Crippen LogP contribution in [0.4, 0.5) is 0 Å². The lowest BCUT2D eigenvalue weighted by molar-refractivity contribution is -0.133. The number of rotatable bonds is 0. The SMILES string of the molecule is C=C1C[C@H]2[C@@H]3CCC(=O)[C@@]3(C)CC[C@@H]2[C@]2(C)C1=C(C)C(=O)CC2C. The molecule has 3 fully saturated rings. The molecular weight excluding hydrogens is 296 g/mol. The lowest BCUT2D eigenvalue weighted by Gasteiger charge is -2.59. The fourth-order valence-corrected chi connectivity index (χ4v) is 7.10. The molecule has 0 aliphatic heterocycles. The van der Waals surface area contributed by atoms with Gasteiger partial charge in [-0.25, -0.2) is 0 Å². The van der Waals surface area contributed by atoms with Crippen molar-refractivity contribution < 1.29 is 9.59 Å². The predicted molar refractivity (Wildman–Crippen MR) is 95.4 cm³/mol. The fraction of sp³-hybridized carbons (Fsp3) is 0.727. The molecule has 0 amide bonds. The lowest BCUT2D eigenvalue weighted by atomic mass is 9.44. The smallest absolute Gasteiger partial charge is 0.159 e. The normalized spacial score (nSPS) is 48.2. The first-order valence-electron chi connectivity index (χ1n) is 9.67. The van der Waals surface area contributed by atoms with E-state index in [1.54, 1.807) is 0 Å². The Hall–Kier alpha value is -1.18. The number of carbonyl (C=O) groups is 2. The van der Waals surface area contributed by atoms with Crippen LogP contribution in [0.15, 0.2) is 23.3 Å². The van der Waals surface area contributed by atoms with Gasteiger partial charge < -0.3 is 0 Å². The Labute approximate surface area is 145 Å². The quantitative estimate of drug-likeness (QED) is 0.635. The number of hydrogen-bond acceptors (Lipinski definition) is 2. The van der Waals surface area contributed by atoms with Gasteiger partial charge in [-0.3, -0.25) is 9.59 Å². The van der Waals surface area contributed by atoms with Crippen molar-refractivity contribution in [1.29, 1.82) is 0 Å². The molecule has 0 aromatic carbocycles. The summed E-state index contributed by atoms with van der Waals surface area (Å²) in [5.74, 6) is 2.86. The van der Waals surface area contributed by atoms with Gasteiger partial charge in [0, 0.05) is 18.3 Å². The maximum absolute atomic E-state index is 12.5. The molecule has 0 spiro atoms. The molecule has 6 atom stereocenters. The molecule has 0 N–H and O–H groups in total. The van der Waals surface area contributed by atoms with Crippen molar-refractivity contribution >= 4 is 11.6 Å². The van der Waals surface area contributed by atoms with Crippen LogP contribution < -0.4 is 0 Å². The number of ketones is 2. The lowest BCUT2D eigenvalue weighted by Crippen LogP contribution is -2.54. The van der Waals surface area contributed by atoms with Crippen molar-refractivity contribution in [2.24, 2.45) is 34.5 Å². The highest BCUT2D eigenvalue weighted by atomic mass is 16.1. The van der Waals surface area contributed by atoms with E-state index in [1.807, 2.05) is 6.92 Å². The van der Waals surface area contributed by atoms with Gasteiger partial charge in [0.1, 0.15) is 5.78 Å². The number of Topliss-reactive ketones (excluding diaryl/α,β-unsaturated/α-hetero) is 2. The summed E-state index contributed by atoms with van der Waals surface area (Å²) in [6, 6.07) is 0. The van der Waals surface area contributed by atoms with E-state index in [0.29, 0.717) is 41.7 Å². The summed E-state index contributed by atoms with van der Waals surface area (Å²) in [5, 5.41) is 0. The van der Waals surface area contributed by atoms with E-state index >= 15 is 0 Å². The van der Waals surface area contributed by atoms with Gasteiger partial charge in [-0.1, -0.05) is 32.9 Å². The highest BCUT2D eigenvalue weighted by Gasteiger charge is 2.61. The molecule has 0 aromatic heterocycles. The van der Waals surface area contributed by atoms with E-state index < -0.39 is 0 Å². The van der Waals surface area contributed by atoms with Gasteiger partial charge in [-0.15, -0.1) is 0 Å². The molecule has 24 heavy (non-hydrogen) atoms. The van der Waals surface area contributed by atoms with E-state index in [2.05, 4.69) is 27.4 Å². The molecule has 0 radical (unpaired) electrons. The Morgan fingerprint density at radius 3 is 2.50 bits per heavy atom. The zero-order chi connectivity index (χ0) is 17.4. The largest absolute Gasteiger partial charge is 0.299 e. The molecule has 0 saturated heterocycles. The first-order valence-corrected chi connectivity index (χ1v) is 9.67. The van der Waals surface area contributed by atoms with Crippen molar-refractivity contribution in [3.05, 3.63) is 23.3 Å². The summed E-state index contributed by atoms with van der Waals surface area (Å²) >= 11 is 0. The average molecular weight is 326 g/mol. The van der Waals surface area contributed by atoms with Gasteiger partial charge in [-0.05, 0) is 72.8 Å². The summed E-state index contributed by atoms with van der Waals surface area (Å²) in [4.78, 5) is 25.0. The fourth-order valence-electron chi connectivity index (χ4n) is 7.10. The van der Waals surface area contributed by atoms with Crippen LogP contribution in [0.2, 0.25) is 0 Å². The molecule has 1 unspecified atom stereocenters. The molecule has 0 heterocycles. The molecule has 130 valence electrons. The van der Waals surface area contributed by atoms with Crippen molar-refractivity contribution in [1.82, 2.24) is 0 Å². The predicted octanol–water partition coefficient (Wildman–Crippen LogP) is 4.89. The first-order chi connectivity index (χ1) is 11.2. The van der Waals surface area contributed by atoms with Gasteiger partial charge in [0.2, 0.25) is 0 Å². The molecule has 3 saturated carbocycles. The molecule has 2 heteroatoms. The number of carbonyl (C=O) groups excluding carboxylic acids is 2. The van der Waals surface area contributed by atoms with Crippen LogP contribution in [0.1, 0.15) is 66.2 Å². The minimum Gasteiger partial charge on any atom is -0.299 e. The molecule has 2 nitrogen and oxygen atoms in total.